The summed E-state index contributed by atoms with van der Waals surface area (Å²) in [6.07, 6.45) is 0. The standard InChI is InChI=1S/C16H17N5/c1-10-5-7-14(17)13(8-10)16-18-19-20-21(16)15-9-11(2)4-6-12(15)3/h4-9H,17H2,1-3H3. The molecule has 0 atom stereocenters. The monoisotopic (exact) mass is 279 g/mol. The van der Waals surface area contributed by atoms with Crippen molar-refractivity contribution in [2.24, 2.45) is 0 Å². The van der Waals surface area contributed by atoms with Crippen LogP contribution < -0.4 is 5.73 Å². The highest BCUT2D eigenvalue weighted by atomic mass is 15.5. The fraction of sp³-hybridized carbons (Fsp3) is 0.188. The number of benzene rings is 2. The number of aromatic nitrogens is 4. The Balaban J connectivity index is 2.22. The van der Waals surface area contributed by atoms with Gasteiger partial charge < -0.3 is 5.73 Å². The number of nitrogens with two attached hydrogens (primary N) is 1. The highest BCUT2D eigenvalue weighted by Gasteiger charge is 2.15. The molecular weight excluding hydrogens is 262 g/mol. The quantitative estimate of drug-likeness (QED) is 0.732. The van der Waals surface area contributed by atoms with Crippen LogP contribution in [0.4, 0.5) is 5.69 Å². The van der Waals surface area contributed by atoms with E-state index in [-0.39, 0.29) is 0 Å². The van der Waals surface area contributed by atoms with Crippen molar-refractivity contribution in [3.8, 4) is 17.1 Å². The van der Waals surface area contributed by atoms with E-state index < -0.39 is 0 Å². The first-order valence-corrected chi connectivity index (χ1v) is 6.79. The molecule has 0 fully saturated rings. The maximum Gasteiger partial charge on any atom is 0.189 e. The van der Waals surface area contributed by atoms with Gasteiger partial charge in [0, 0.05) is 11.3 Å². The van der Waals surface area contributed by atoms with Crippen molar-refractivity contribution >= 4 is 5.69 Å². The molecule has 3 rings (SSSR count). The number of nitrogen functional groups attached to an aromatic ring is 1. The molecule has 2 N–H and O–H groups in total. The number of hydrogen-bond donors (Lipinski definition) is 1. The van der Waals surface area contributed by atoms with Gasteiger partial charge in [-0.2, -0.15) is 4.68 Å². The van der Waals surface area contributed by atoms with E-state index in [1.165, 1.54) is 0 Å². The summed E-state index contributed by atoms with van der Waals surface area (Å²) in [5.41, 5.74) is 12.0. The van der Waals surface area contributed by atoms with Crippen molar-refractivity contribution in [3.63, 3.8) is 0 Å². The van der Waals surface area contributed by atoms with Gasteiger partial charge in [0.15, 0.2) is 5.82 Å². The van der Waals surface area contributed by atoms with E-state index in [0.717, 1.165) is 27.9 Å². The van der Waals surface area contributed by atoms with Gasteiger partial charge in [-0.15, -0.1) is 5.10 Å². The number of nitrogens with zero attached hydrogens (tertiary/aromatic N) is 4. The second kappa shape index (κ2) is 5.01. The minimum absolute atomic E-state index is 0.657. The molecule has 3 aromatic rings. The molecule has 0 amide bonds. The van der Waals surface area contributed by atoms with Crippen molar-refractivity contribution in [1.82, 2.24) is 20.2 Å². The zero-order valence-corrected chi connectivity index (χ0v) is 12.3. The number of tetrazole rings is 1. The lowest BCUT2D eigenvalue weighted by atomic mass is 10.1. The van der Waals surface area contributed by atoms with Gasteiger partial charge in [-0.1, -0.05) is 23.8 Å². The minimum atomic E-state index is 0.657. The molecule has 1 heterocycles. The fourth-order valence-electron chi connectivity index (χ4n) is 2.33. The zero-order chi connectivity index (χ0) is 15.0. The van der Waals surface area contributed by atoms with Gasteiger partial charge in [0.05, 0.1) is 5.69 Å². The predicted molar refractivity (Wildman–Crippen MR) is 83.2 cm³/mol. The summed E-state index contributed by atoms with van der Waals surface area (Å²) in [5, 5.41) is 12.1. The van der Waals surface area contributed by atoms with Crippen LogP contribution in [-0.4, -0.2) is 20.2 Å². The van der Waals surface area contributed by atoms with Crippen LogP contribution in [0.5, 0.6) is 0 Å². The molecule has 0 saturated carbocycles. The third-order valence-corrected chi connectivity index (χ3v) is 3.51. The van der Waals surface area contributed by atoms with Gasteiger partial charge in [-0.3, -0.25) is 0 Å². The van der Waals surface area contributed by atoms with Gasteiger partial charge in [0.2, 0.25) is 0 Å². The molecule has 1 aromatic heterocycles. The Morgan fingerprint density at radius 3 is 2.48 bits per heavy atom. The van der Waals surface area contributed by atoms with Crippen molar-refractivity contribution in [3.05, 3.63) is 53.1 Å². The maximum absolute atomic E-state index is 6.09. The molecule has 0 aliphatic rings. The Morgan fingerprint density at radius 2 is 1.67 bits per heavy atom. The van der Waals surface area contributed by atoms with Gasteiger partial charge in [-0.05, 0) is 60.5 Å². The SMILES string of the molecule is Cc1ccc(N)c(-c2nnnn2-c2cc(C)ccc2C)c1. The first-order valence-electron chi connectivity index (χ1n) is 6.79. The van der Waals surface area contributed by atoms with Crippen LogP contribution in [0, 0.1) is 20.8 Å². The maximum atomic E-state index is 6.09. The smallest absolute Gasteiger partial charge is 0.189 e. The number of hydrogen-bond acceptors (Lipinski definition) is 4. The summed E-state index contributed by atoms with van der Waals surface area (Å²) in [6.45, 7) is 6.11. The van der Waals surface area contributed by atoms with Crippen LogP contribution in [0.25, 0.3) is 17.1 Å². The molecule has 5 nitrogen and oxygen atoms in total. The first kappa shape index (κ1) is 13.3. The summed E-state index contributed by atoms with van der Waals surface area (Å²) < 4.78 is 1.74. The Hall–Kier alpha value is -2.69. The second-order valence-corrected chi connectivity index (χ2v) is 5.29. The van der Waals surface area contributed by atoms with Crippen molar-refractivity contribution in [2.75, 3.05) is 5.73 Å². The molecule has 0 radical (unpaired) electrons. The lowest BCUT2D eigenvalue weighted by Gasteiger charge is -2.10. The third-order valence-electron chi connectivity index (χ3n) is 3.51. The molecule has 2 aromatic carbocycles. The molecule has 5 heteroatoms. The topological polar surface area (TPSA) is 69.6 Å². The fourth-order valence-corrected chi connectivity index (χ4v) is 2.33. The van der Waals surface area contributed by atoms with Gasteiger partial charge in [0.1, 0.15) is 0 Å². The molecule has 21 heavy (non-hydrogen) atoms. The summed E-state index contributed by atoms with van der Waals surface area (Å²) in [5.74, 6) is 0.657. The van der Waals surface area contributed by atoms with E-state index in [0.29, 0.717) is 11.5 Å². The highest BCUT2D eigenvalue weighted by Crippen LogP contribution is 2.27. The Bertz CT molecular complexity index is 738. The third kappa shape index (κ3) is 2.38. The minimum Gasteiger partial charge on any atom is -0.398 e. The van der Waals surface area contributed by atoms with Gasteiger partial charge >= 0.3 is 0 Å². The van der Waals surface area contributed by atoms with E-state index in [4.69, 9.17) is 5.73 Å². The van der Waals surface area contributed by atoms with Crippen LogP contribution in [0.3, 0.4) is 0 Å². The number of rotatable bonds is 2. The summed E-state index contributed by atoms with van der Waals surface area (Å²) in [7, 11) is 0. The Labute approximate surface area is 123 Å². The van der Waals surface area contributed by atoms with Gasteiger partial charge in [-0.25, -0.2) is 0 Å². The van der Waals surface area contributed by atoms with Crippen LogP contribution >= 0.6 is 0 Å². The van der Waals surface area contributed by atoms with Crippen molar-refractivity contribution in [2.45, 2.75) is 20.8 Å². The molecule has 0 aliphatic carbocycles. The molecule has 0 saturated heterocycles. The average Bonchev–Trinajstić information content (AvgIpc) is 2.93. The van der Waals surface area contributed by atoms with E-state index in [2.05, 4.69) is 33.7 Å². The first-order chi connectivity index (χ1) is 10.1. The lowest BCUT2D eigenvalue weighted by molar-refractivity contribution is 0.787. The van der Waals surface area contributed by atoms with Crippen LogP contribution in [0.2, 0.25) is 0 Å². The molecule has 0 unspecified atom stereocenters. The predicted octanol–water partition coefficient (Wildman–Crippen LogP) is 2.84. The van der Waals surface area contributed by atoms with Crippen molar-refractivity contribution in [1.29, 1.82) is 0 Å². The normalized spacial score (nSPS) is 10.8. The van der Waals surface area contributed by atoms with E-state index in [1.807, 2.05) is 39.0 Å². The lowest BCUT2D eigenvalue weighted by Crippen LogP contribution is -2.04. The van der Waals surface area contributed by atoms with Crippen LogP contribution in [-0.2, 0) is 0 Å². The molecule has 0 spiro atoms. The summed E-state index contributed by atoms with van der Waals surface area (Å²) in [6, 6.07) is 12.1. The number of anilines is 1. The Morgan fingerprint density at radius 1 is 0.952 bits per heavy atom. The second-order valence-electron chi connectivity index (χ2n) is 5.29. The van der Waals surface area contributed by atoms with E-state index >= 15 is 0 Å². The highest BCUT2D eigenvalue weighted by molar-refractivity contribution is 5.73. The van der Waals surface area contributed by atoms with Crippen LogP contribution in [0.1, 0.15) is 16.7 Å². The Kier molecular flexibility index (Phi) is 3.17. The summed E-state index contributed by atoms with van der Waals surface area (Å²) >= 11 is 0. The largest absolute Gasteiger partial charge is 0.398 e. The van der Waals surface area contributed by atoms with Crippen LogP contribution in [0.15, 0.2) is 36.4 Å². The van der Waals surface area contributed by atoms with E-state index in [1.54, 1.807) is 4.68 Å². The average molecular weight is 279 g/mol. The molecule has 0 aliphatic heterocycles. The van der Waals surface area contributed by atoms with E-state index in [9.17, 15) is 0 Å². The summed E-state index contributed by atoms with van der Waals surface area (Å²) in [4.78, 5) is 0. The number of aryl methyl sites for hydroxylation is 3. The van der Waals surface area contributed by atoms with Crippen molar-refractivity contribution < 1.29 is 0 Å². The van der Waals surface area contributed by atoms with Gasteiger partial charge in [0.25, 0.3) is 0 Å². The molecule has 106 valence electrons. The molecular formula is C16H17N5. The molecule has 0 bridgehead atoms. The zero-order valence-electron chi connectivity index (χ0n) is 12.3.